The Labute approximate surface area is 230 Å². The smallest absolute Gasteiger partial charge is 0.326 e. The number of carbonyl (C=O) groups excluding carboxylic acids is 3. The fraction of sp³-hybridized carbons (Fsp3) is 0.500. The van der Waals surface area contributed by atoms with Crippen LogP contribution in [0.2, 0.25) is 0 Å². The zero-order valence-corrected chi connectivity index (χ0v) is 23.0. The van der Waals surface area contributed by atoms with Crippen LogP contribution in [0.5, 0.6) is 0 Å². The van der Waals surface area contributed by atoms with Crippen LogP contribution in [0.3, 0.4) is 0 Å². The number of H-pyrrole nitrogens is 1. The number of benzene rings is 1. The summed E-state index contributed by atoms with van der Waals surface area (Å²) in [4.78, 5) is 64.7. The first-order valence-corrected chi connectivity index (χ1v) is 14.0. The standard InChI is InChI=1S/C26H37N5O7S/c1-14(2)22(31-24(35)19(10-11-39-3)29-23(34)17(27)8-9-21(32)33)25(36)30-20(26(37)38)12-15-13-28-18-7-5-4-6-16(15)18/h4-7,13-14,17,19-20,22,28H,8-12,27H2,1-3H3,(H,29,34)(H,30,36)(H,31,35)(H,32,33)(H,37,38). The van der Waals surface area contributed by atoms with Crippen molar-refractivity contribution in [2.75, 3.05) is 12.0 Å². The van der Waals surface area contributed by atoms with Crippen molar-refractivity contribution < 1.29 is 34.2 Å². The van der Waals surface area contributed by atoms with Crippen LogP contribution >= 0.6 is 11.8 Å². The minimum absolute atomic E-state index is 0.0322. The lowest BCUT2D eigenvalue weighted by atomic mass is 10.0. The summed E-state index contributed by atoms with van der Waals surface area (Å²) >= 11 is 1.46. The average Bonchev–Trinajstić information content (AvgIpc) is 3.29. The summed E-state index contributed by atoms with van der Waals surface area (Å²) in [5, 5.41) is 27.2. The number of fused-ring (bicyclic) bond motifs is 1. The van der Waals surface area contributed by atoms with Crippen LogP contribution in [0.15, 0.2) is 30.5 Å². The first kappa shape index (κ1) is 31.6. The second-order valence-corrected chi connectivity index (χ2v) is 10.6. The van der Waals surface area contributed by atoms with Gasteiger partial charge in [-0.2, -0.15) is 11.8 Å². The molecule has 2 aromatic rings. The molecule has 1 heterocycles. The molecule has 12 nitrogen and oxygen atoms in total. The molecule has 3 amide bonds. The van der Waals surface area contributed by atoms with Gasteiger partial charge in [0, 0.05) is 29.9 Å². The van der Waals surface area contributed by atoms with Gasteiger partial charge in [-0.15, -0.1) is 0 Å². The maximum atomic E-state index is 13.2. The number of carbonyl (C=O) groups is 5. The van der Waals surface area contributed by atoms with E-state index in [0.29, 0.717) is 5.75 Å². The van der Waals surface area contributed by atoms with Crippen molar-refractivity contribution >= 4 is 52.3 Å². The first-order chi connectivity index (χ1) is 18.4. The molecule has 1 aromatic carbocycles. The Balaban J connectivity index is 2.12. The number of thioether (sulfide) groups is 1. The lowest BCUT2D eigenvalue weighted by Crippen LogP contribution is -2.58. The molecule has 1 aromatic heterocycles. The number of hydrogen-bond acceptors (Lipinski definition) is 7. The molecule has 214 valence electrons. The summed E-state index contributed by atoms with van der Waals surface area (Å²) in [5.74, 6) is -4.15. The highest BCUT2D eigenvalue weighted by molar-refractivity contribution is 7.98. The van der Waals surface area contributed by atoms with Crippen LogP contribution < -0.4 is 21.7 Å². The fourth-order valence-electron chi connectivity index (χ4n) is 3.96. The molecule has 4 unspecified atom stereocenters. The van der Waals surface area contributed by atoms with Gasteiger partial charge in [0.25, 0.3) is 0 Å². The summed E-state index contributed by atoms with van der Waals surface area (Å²) in [5.41, 5.74) is 7.35. The van der Waals surface area contributed by atoms with Crippen LogP contribution in [0.25, 0.3) is 10.9 Å². The minimum Gasteiger partial charge on any atom is -0.481 e. The van der Waals surface area contributed by atoms with Crippen molar-refractivity contribution in [1.29, 1.82) is 0 Å². The Morgan fingerprint density at radius 2 is 1.62 bits per heavy atom. The van der Waals surface area contributed by atoms with Gasteiger partial charge in [-0.3, -0.25) is 19.2 Å². The predicted molar refractivity (Wildman–Crippen MR) is 148 cm³/mol. The van der Waals surface area contributed by atoms with Crippen LogP contribution in [-0.2, 0) is 30.4 Å². The van der Waals surface area contributed by atoms with E-state index in [0.717, 1.165) is 16.5 Å². The number of hydrogen-bond donors (Lipinski definition) is 7. The number of carboxylic acid groups (broad SMARTS) is 2. The Kier molecular flexibility index (Phi) is 12.3. The number of rotatable bonds is 16. The molecular formula is C26H37N5O7S. The second kappa shape index (κ2) is 15.1. The summed E-state index contributed by atoms with van der Waals surface area (Å²) in [6.45, 7) is 3.41. The Morgan fingerprint density at radius 1 is 0.949 bits per heavy atom. The van der Waals surface area contributed by atoms with E-state index < -0.39 is 59.7 Å². The van der Waals surface area contributed by atoms with Gasteiger partial charge in [0.2, 0.25) is 17.7 Å². The van der Waals surface area contributed by atoms with Gasteiger partial charge in [-0.05, 0) is 42.4 Å². The highest BCUT2D eigenvalue weighted by Gasteiger charge is 2.32. The van der Waals surface area contributed by atoms with Crippen LogP contribution in [0, 0.1) is 5.92 Å². The fourth-order valence-corrected chi connectivity index (χ4v) is 4.44. The third kappa shape index (κ3) is 9.59. The largest absolute Gasteiger partial charge is 0.481 e. The highest BCUT2D eigenvalue weighted by atomic mass is 32.2. The van der Waals surface area contributed by atoms with E-state index >= 15 is 0 Å². The topological polar surface area (TPSA) is 204 Å². The molecule has 0 saturated heterocycles. The van der Waals surface area contributed by atoms with Gasteiger partial charge in [0.1, 0.15) is 18.1 Å². The van der Waals surface area contributed by atoms with E-state index in [-0.39, 0.29) is 25.7 Å². The van der Waals surface area contributed by atoms with Gasteiger partial charge in [-0.1, -0.05) is 32.0 Å². The molecule has 13 heteroatoms. The predicted octanol–water partition coefficient (Wildman–Crippen LogP) is 0.851. The van der Waals surface area contributed by atoms with Crippen LogP contribution in [-0.4, -0.2) is 81.0 Å². The van der Waals surface area contributed by atoms with E-state index in [1.807, 2.05) is 30.5 Å². The summed E-state index contributed by atoms with van der Waals surface area (Å²) in [6.07, 6.45) is 3.42. The van der Waals surface area contributed by atoms with Gasteiger partial charge in [0.15, 0.2) is 0 Å². The van der Waals surface area contributed by atoms with Gasteiger partial charge < -0.3 is 36.9 Å². The number of nitrogens with one attached hydrogen (secondary N) is 4. The molecule has 0 radical (unpaired) electrons. The summed E-state index contributed by atoms with van der Waals surface area (Å²) in [6, 6.07) is 2.97. The number of aromatic nitrogens is 1. The normalized spacial score (nSPS) is 14.3. The first-order valence-electron chi connectivity index (χ1n) is 12.6. The molecular weight excluding hydrogens is 526 g/mol. The summed E-state index contributed by atoms with van der Waals surface area (Å²) in [7, 11) is 0. The minimum atomic E-state index is -1.24. The highest BCUT2D eigenvalue weighted by Crippen LogP contribution is 2.19. The van der Waals surface area contributed by atoms with Crippen molar-refractivity contribution in [2.45, 2.75) is 63.7 Å². The van der Waals surface area contributed by atoms with Crippen LogP contribution in [0.1, 0.15) is 38.7 Å². The molecule has 39 heavy (non-hydrogen) atoms. The van der Waals surface area contributed by atoms with E-state index in [1.165, 1.54) is 11.8 Å². The van der Waals surface area contributed by atoms with Crippen LogP contribution in [0.4, 0.5) is 0 Å². The number of aliphatic carboxylic acids is 2. The van der Waals surface area contributed by atoms with E-state index in [1.54, 1.807) is 20.0 Å². The Bertz CT molecular complexity index is 1170. The molecule has 4 atom stereocenters. The molecule has 0 saturated carbocycles. The zero-order valence-electron chi connectivity index (χ0n) is 22.2. The maximum absolute atomic E-state index is 13.2. The van der Waals surface area contributed by atoms with Gasteiger partial charge >= 0.3 is 11.9 Å². The van der Waals surface area contributed by atoms with Crippen molar-refractivity contribution in [3.63, 3.8) is 0 Å². The van der Waals surface area contributed by atoms with Crippen molar-refractivity contribution in [3.8, 4) is 0 Å². The number of carboxylic acids is 2. The van der Waals surface area contributed by atoms with Crippen molar-refractivity contribution in [1.82, 2.24) is 20.9 Å². The van der Waals surface area contributed by atoms with Gasteiger partial charge in [-0.25, -0.2) is 4.79 Å². The number of aromatic amines is 1. The quantitative estimate of drug-likeness (QED) is 0.154. The Morgan fingerprint density at radius 3 is 2.23 bits per heavy atom. The number of amides is 3. The molecule has 8 N–H and O–H groups in total. The number of para-hydroxylation sites is 1. The Hall–Kier alpha value is -3.58. The number of nitrogens with two attached hydrogens (primary N) is 1. The average molecular weight is 564 g/mol. The molecule has 0 aliphatic heterocycles. The van der Waals surface area contributed by atoms with E-state index in [9.17, 15) is 29.1 Å². The molecule has 2 rings (SSSR count). The van der Waals surface area contributed by atoms with Gasteiger partial charge in [0.05, 0.1) is 6.04 Å². The van der Waals surface area contributed by atoms with Crippen molar-refractivity contribution in [3.05, 3.63) is 36.0 Å². The SMILES string of the molecule is CSCCC(NC(=O)C(N)CCC(=O)O)C(=O)NC(C(=O)NC(Cc1c[nH]c2ccccc12)C(=O)O)C(C)C. The van der Waals surface area contributed by atoms with Crippen molar-refractivity contribution in [2.24, 2.45) is 11.7 Å². The molecule has 0 aliphatic carbocycles. The molecule has 0 fully saturated rings. The lowest BCUT2D eigenvalue weighted by molar-refractivity contribution is -0.142. The van der Waals surface area contributed by atoms with E-state index in [4.69, 9.17) is 10.8 Å². The maximum Gasteiger partial charge on any atom is 0.326 e. The zero-order chi connectivity index (χ0) is 29.1. The summed E-state index contributed by atoms with van der Waals surface area (Å²) < 4.78 is 0. The molecule has 0 aliphatic rings. The third-order valence-corrected chi connectivity index (χ3v) is 6.85. The molecule has 0 spiro atoms. The van der Waals surface area contributed by atoms with E-state index in [2.05, 4.69) is 20.9 Å². The second-order valence-electron chi connectivity index (χ2n) is 9.57. The third-order valence-electron chi connectivity index (χ3n) is 6.21. The molecule has 0 bridgehead atoms. The lowest BCUT2D eigenvalue weighted by Gasteiger charge is -2.27. The monoisotopic (exact) mass is 563 g/mol.